The molecule has 2 fully saturated rings. The van der Waals surface area contributed by atoms with Crippen LogP contribution in [0.3, 0.4) is 0 Å². The SMILES string of the molecule is CC(C)N1CCOC(CN2CCN(C(=O)CCCN)CC2)C1.Cl.Cl.Cl. The van der Waals surface area contributed by atoms with E-state index in [9.17, 15) is 4.79 Å². The Morgan fingerprint density at radius 1 is 1.12 bits per heavy atom. The maximum atomic E-state index is 12.0. The van der Waals surface area contributed by atoms with Crippen molar-refractivity contribution in [3.63, 3.8) is 0 Å². The van der Waals surface area contributed by atoms with Gasteiger partial charge in [-0.3, -0.25) is 14.6 Å². The molecule has 1 amide bonds. The lowest BCUT2D eigenvalue weighted by Gasteiger charge is -2.40. The van der Waals surface area contributed by atoms with E-state index in [4.69, 9.17) is 10.5 Å². The van der Waals surface area contributed by atoms with Crippen molar-refractivity contribution in [1.82, 2.24) is 14.7 Å². The van der Waals surface area contributed by atoms with E-state index in [0.717, 1.165) is 58.8 Å². The van der Waals surface area contributed by atoms with E-state index in [-0.39, 0.29) is 43.1 Å². The predicted molar refractivity (Wildman–Crippen MR) is 110 cm³/mol. The third-order valence-corrected chi connectivity index (χ3v) is 4.68. The average molecular weight is 422 g/mol. The van der Waals surface area contributed by atoms with Gasteiger partial charge in [-0.05, 0) is 26.8 Å². The van der Waals surface area contributed by atoms with E-state index in [2.05, 4.69) is 23.6 Å². The number of rotatable bonds is 6. The number of piperazine rings is 1. The topological polar surface area (TPSA) is 62.0 Å². The highest BCUT2D eigenvalue weighted by atomic mass is 35.5. The van der Waals surface area contributed by atoms with E-state index in [0.29, 0.717) is 25.1 Å². The molecule has 0 spiro atoms. The van der Waals surface area contributed by atoms with Crippen molar-refractivity contribution >= 4 is 43.1 Å². The molecule has 0 saturated carbocycles. The van der Waals surface area contributed by atoms with Gasteiger partial charge >= 0.3 is 0 Å². The molecular weight excluding hydrogens is 387 g/mol. The number of ether oxygens (including phenoxy) is 1. The molecule has 0 aromatic rings. The first-order chi connectivity index (χ1) is 10.6. The van der Waals surface area contributed by atoms with Gasteiger partial charge in [0.2, 0.25) is 5.91 Å². The Morgan fingerprint density at radius 3 is 2.32 bits per heavy atom. The van der Waals surface area contributed by atoms with Crippen LogP contribution in [-0.2, 0) is 9.53 Å². The van der Waals surface area contributed by atoms with Crippen molar-refractivity contribution in [2.45, 2.75) is 38.8 Å². The molecule has 6 nitrogen and oxygen atoms in total. The van der Waals surface area contributed by atoms with Crippen LogP contribution in [0.15, 0.2) is 0 Å². The first-order valence-corrected chi connectivity index (χ1v) is 8.66. The minimum absolute atomic E-state index is 0. The molecule has 152 valence electrons. The fourth-order valence-corrected chi connectivity index (χ4v) is 3.20. The van der Waals surface area contributed by atoms with E-state index in [1.54, 1.807) is 0 Å². The molecule has 0 bridgehead atoms. The van der Waals surface area contributed by atoms with Gasteiger partial charge in [0.05, 0.1) is 12.7 Å². The summed E-state index contributed by atoms with van der Waals surface area (Å²) in [6.45, 7) is 12.5. The Labute approximate surface area is 171 Å². The van der Waals surface area contributed by atoms with Crippen LogP contribution in [0.1, 0.15) is 26.7 Å². The van der Waals surface area contributed by atoms with Crippen molar-refractivity contribution in [3.8, 4) is 0 Å². The molecule has 9 heteroatoms. The summed E-state index contributed by atoms with van der Waals surface area (Å²) >= 11 is 0. The van der Waals surface area contributed by atoms with E-state index in [1.807, 2.05) is 4.90 Å². The Bertz CT molecular complexity index is 356. The summed E-state index contributed by atoms with van der Waals surface area (Å²) < 4.78 is 5.91. The highest BCUT2D eigenvalue weighted by Gasteiger charge is 2.26. The zero-order valence-electron chi connectivity index (χ0n) is 15.4. The van der Waals surface area contributed by atoms with Crippen molar-refractivity contribution in [2.75, 3.05) is 59.0 Å². The number of carbonyl (C=O) groups is 1. The van der Waals surface area contributed by atoms with E-state index < -0.39 is 0 Å². The Kier molecular flexibility index (Phi) is 15.6. The molecule has 25 heavy (non-hydrogen) atoms. The molecule has 2 N–H and O–H groups in total. The zero-order chi connectivity index (χ0) is 15.9. The molecule has 0 radical (unpaired) electrons. The summed E-state index contributed by atoms with van der Waals surface area (Å²) in [5, 5.41) is 0. The van der Waals surface area contributed by atoms with Gasteiger partial charge in [-0.2, -0.15) is 0 Å². The standard InChI is InChI=1S/C16H32N4O2.3ClH/c1-14(2)20-10-11-22-15(13-20)12-18-6-8-19(9-7-18)16(21)4-3-5-17;;;/h14-15H,3-13,17H2,1-2H3;3*1H. The summed E-state index contributed by atoms with van der Waals surface area (Å²) in [7, 11) is 0. The molecule has 2 aliphatic heterocycles. The lowest BCUT2D eigenvalue weighted by Crippen LogP contribution is -2.54. The van der Waals surface area contributed by atoms with Gasteiger partial charge in [0.15, 0.2) is 0 Å². The summed E-state index contributed by atoms with van der Waals surface area (Å²) in [6, 6.07) is 0.586. The molecular formula is C16H35Cl3N4O2. The number of hydrogen-bond donors (Lipinski definition) is 1. The second-order valence-corrected chi connectivity index (χ2v) is 6.66. The number of halogens is 3. The fraction of sp³-hybridized carbons (Fsp3) is 0.938. The minimum atomic E-state index is 0. The summed E-state index contributed by atoms with van der Waals surface area (Å²) in [4.78, 5) is 18.9. The van der Waals surface area contributed by atoms with Crippen molar-refractivity contribution in [3.05, 3.63) is 0 Å². The average Bonchev–Trinajstić information content (AvgIpc) is 2.53. The van der Waals surface area contributed by atoms with Crippen LogP contribution in [0.2, 0.25) is 0 Å². The second kappa shape index (κ2) is 14.3. The van der Waals surface area contributed by atoms with Crippen molar-refractivity contribution < 1.29 is 9.53 Å². The first-order valence-electron chi connectivity index (χ1n) is 8.66. The molecule has 1 atom stereocenters. The highest BCUT2D eigenvalue weighted by Crippen LogP contribution is 2.12. The van der Waals surface area contributed by atoms with Crippen LogP contribution in [0.4, 0.5) is 0 Å². The van der Waals surface area contributed by atoms with E-state index in [1.165, 1.54) is 0 Å². The summed E-state index contributed by atoms with van der Waals surface area (Å²) in [5.74, 6) is 0.255. The number of morpholine rings is 1. The van der Waals surface area contributed by atoms with Crippen LogP contribution in [0.5, 0.6) is 0 Å². The molecule has 2 saturated heterocycles. The third kappa shape index (κ3) is 9.09. The van der Waals surface area contributed by atoms with Crippen LogP contribution < -0.4 is 5.73 Å². The predicted octanol–water partition coefficient (Wildman–Crippen LogP) is 1.24. The monoisotopic (exact) mass is 420 g/mol. The number of hydrogen-bond acceptors (Lipinski definition) is 5. The Balaban J connectivity index is 0. The quantitative estimate of drug-likeness (QED) is 0.699. The summed E-state index contributed by atoms with van der Waals surface area (Å²) in [6.07, 6.45) is 1.68. The van der Waals surface area contributed by atoms with Crippen LogP contribution in [0.25, 0.3) is 0 Å². The lowest BCUT2D eigenvalue weighted by atomic mass is 10.2. The molecule has 1 unspecified atom stereocenters. The second-order valence-electron chi connectivity index (χ2n) is 6.66. The molecule has 0 aromatic carbocycles. The maximum absolute atomic E-state index is 12.0. The third-order valence-electron chi connectivity index (χ3n) is 4.68. The zero-order valence-corrected chi connectivity index (χ0v) is 17.8. The van der Waals surface area contributed by atoms with Gasteiger partial charge in [0.25, 0.3) is 0 Å². The first kappa shape index (κ1) is 27.4. The molecule has 2 heterocycles. The lowest BCUT2D eigenvalue weighted by molar-refractivity contribution is -0.133. The summed E-state index contributed by atoms with van der Waals surface area (Å²) in [5.41, 5.74) is 5.47. The number of nitrogens with zero attached hydrogens (tertiary/aromatic N) is 3. The largest absolute Gasteiger partial charge is 0.374 e. The molecule has 0 aromatic heterocycles. The molecule has 2 aliphatic rings. The fourth-order valence-electron chi connectivity index (χ4n) is 3.20. The van der Waals surface area contributed by atoms with Crippen molar-refractivity contribution in [2.24, 2.45) is 5.73 Å². The van der Waals surface area contributed by atoms with Gasteiger partial charge in [-0.25, -0.2) is 0 Å². The number of carbonyl (C=O) groups excluding carboxylic acids is 1. The smallest absolute Gasteiger partial charge is 0.222 e. The minimum Gasteiger partial charge on any atom is -0.374 e. The van der Waals surface area contributed by atoms with Crippen LogP contribution in [-0.4, -0.2) is 91.7 Å². The van der Waals surface area contributed by atoms with Gasteiger partial charge in [0.1, 0.15) is 0 Å². The normalized spacial score (nSPS) is 21.9. The van der Waals surface area contributed by atoms with Crippen LogP contribution >= 0.6 is 37.2 Å². The van der Waals surface area contributed by atoms with Crippen LogP contribution in [0, 0.1) is 0 Å². The Morgan fingerprint density at radius 2 is 1.76 bits per heavy atom. The highest BCUT2D eigenvalue weighted by molar-refractivity contribution is 5.86. The van der Waals surface area contributed by atoms with Gasteiger partial charge in [-0.15, -0.1) is 37.2 Å². The number of amides is 1. The Hall–Kier alpha value is 0.180. The molecule has 2 rings (SSSR count). The van der Waals surface area contributed by atoms with Crippen molar-refractivity contribution in [1.29, 1.82) is 0 Å². The van der Waals surface area contributed by atoms with E-state index >= 15 is 0 Å². The number of nitrogens with two attached hydrogens (primary N) is 1. The van der Waals surface area contributed by atoms with Gasteiger partial charge < -0.3 is 15.4 Å². The maximum Gasteiger partial charge on any atom is 0.222 e. The molecule has 0 aliphatic carbocycles. The van der Waals surface area contributed by atoms with Gasteiger partial charge in [-0.1, -0.05) is 0 Å². The van der Waals surface area contributed by atoms with Gasteiger partial charge in [0, 0.05) is 58.3 Å².